The summed E-state index contributed by atoms with van der Waals surface area (Å²) in [6.07, 6.45) is 4.24. The lowest BCUT2D eigenvalue weighted by molar-refractivity contribution is 0.221. The quantitative estimate of drug-likeness (QED) is 0.823. The van der Waals surface area contributed by atoms with Crippen LogP contribution in [0.3, 0.4) is 0 Å². The van der Waals surface area contributed by atoms with Gasteiger partial charge in [0.1, 0.15) is 0 Å². The van der Waals surface area contributed by atoms with E-state index in [4.69, 9.17) is 4.74 Å². The van der Waals surface area contributed by atoms with Gasteiger partial charge in [0.2, 0.25) is 0 Å². The maximum Gasteiger partial charge on any atom is 0.0876 e. The first-order valence-electron chi connectivity index (χ1n) is 6.47. The standard InChI is InChI=1S/C15H21NOS/c1-12-6-3-4-8-15(12)18-11-14(16-2)13-7-5-9-17-10-13/h3-4,6,8,10,14,16H,5,7,9,11H2,1-2H3. The fourth-order valence-corrected chi connectivity index (χ4v) is 3.31. The molecular weight excluding hydrogens is 242 g/mol. The SMILES string of the molecule is CNC(CSc1ccccc1C)C1=COCCC1. The van der Waals surface area contributed by atoms with Crippen molar-refractivity contribution in [3.8, 4) is 0 Å². The van der Waals surface area contributed by atoms with Crippen molar-refractivity contribution in [2.45, 2.75) is 30.7 Å². The molecule has 0 fully saturated rings. The van der Waals surface area contributed by atoms with Crippen LogP contribution in [0.25, 0.3) is 0 Å². The van der Waals surface area contributed by atoms with Crippen molar-refractivity contribution < 1.29 is 4.74 Å². The van der Waals surface area contributed by atoms with Gasteiger partial charge >= 0.3 is 0 Å². The predicted molar refractivity (Wildman–Crippen MR) is 78.0 cm³/mol. The number of ether oxygens (including phenoxy) is 1. The van der Waals surface area contributed by atoms with Gasteiger partial charge < -0.3 is 10.1 Å². The van der Waals surface area contributed by atoms with Crippen LogP contribution in [-0.4, -0.2) is 25.4 Å². The zero-order valence-electron chi connectivity index (χ0n) is 11.1. The van der Waals surface area contributed by atoms with E-state index < -0.39 is 0 Å². The van der Waals surface area contributed by atoms with E-state index in [1.54, 1.807) is 0 Å². The third-order valence-corrected chi connectivity index (χ3v) is 4.53. The van der Waals surface area contributed by atoms with Gasteiger partial charge in [0.15, 0.2) is 0 Å². The monoisotopic (exact) mass is 263 g/mol. The highest BCUT2D eigenvalue weighted by atomic mass is 32.2. The molecule has 0 saturated heterocycles. The average Bonchev–Trinajstić information content (AvgIpc) is 2.42. The summed E-state index contributed by atoms with van der Waals surface area (Å²) < 4.78 is 5.43. The topological polar surface area (TPSA) is 21.3 Å². The van der Waals surface area contributed by atoms with Gasteiger partial charge in [-0.15, -0.1) is 11.8 Å². The molecule has 0 aliphatic carbocycles. The third-order valence-electron chi connectivity index (χ3n) is 3.26. The Morgan fingerprint density at radius 3 is 2.89 bits per heavy atom. The fourth-order valence-electron chi connectivity index (χ4n) is 2.11. The first kappa shape index (κ1) is 13.5. The lowest BCUT2D eigenvalue weighted by atomic mass is 10.0. The smallest absolute Gasteiger partial charge is 0.0876 e. The molecular formula is C15H21NOS. The number of likely N-dealkylation sites (N-methyl/N-ethyl adjacent to an activating group) is 1. The largest absolute Gasteiger partial charge is 0.501 e. The number of aryl methyl sites for hydroxylation is 1. The van der Waals surface area contributed by atoms with Crippen LogP contribution >= 0.6 is 11.8 Å². The Labute approximate surface area is 114 Å². The van der Waals surface area contributed by atoms with Crippen LogP contribution in [0.15, 0.2) is 41.0 Å². The molecule has 1 aromatic rings. The fraction of sp³-hybridized carbons (Fsp3) is 0.467. The molecule has 0 saturated carbocycles. The van der Waals surface area contributed by atoms with Gasteiger partial charge in [-0.05, 0) is 44.0 Å². The highest BCUT2D eigenvalue weighted by molar-refractivity contribution is 7.99. The molecule has 1 heterocycles. The molecule has 1 aliphatic heterocycles. The summed E-state index contributed by atoms with van der Waals surface area (Å²) >= 11 is 1.91. The maximum atomic E-state index is 5.43. The second-order valence-corrected chi connectivity index (χ2v) is 5.65. The maximum absolute atomic E-state index is 5.43. The minimum absolute atomic E-state index is 0.412. The van der Waals surface area contributed by atoms with Gasteiger partial charge in [-0.3, -0.25) is 0 Å². The summed E-state index contributed by atoms with van der Waals surface area (Å²) in [5, 5.41) is 3.39. The van der Waals surface area contributed by atoms with Crippen molar-refractivity contribution in [1.29, 1.82) is 0 Å². The predicted octanol–water partition coefficient (Wildman–Crippen LogP) is 3.37. The highest BCUT2D eigenvalue weighted by Gasteiger charge is 2.15. The van der Waals surface area contributed by atoms with E-state index in [1.165, 1.54) is 16.0 Å². The van der Waals surface area contributed by atoms with Crippen molar-refractivity contribution in [3.63, 3.8) is 0 Å². The van der Waals surface area contributed by atoms with Gasteiger partial charge in [-0.2, -0.15) is 0 Å². The molecule has 98 valence electrons. The molecule has 1 atom stereocenters. The second-order valence-electron chi connectivity index (χ2n) is 4.58. The van der Waals surface area contributed by atoms with E-state index in [9.17, 15) is 0 Å². The number of benzene rings is 1. The van der Waals surface area contributed by atoms with Crippen molar-refractivity contribution >= 4 is 11.8 Å². The lowest BCUT2D eigenvalue weighted by Gasteiger charge is -2.22. The van der Waals surface area contributed by atoms with Gasteiger partial charge in [0.25, 0.3) is 0 Å². The molecule has 0 spiro atoms. The first-order chi connectivity index (χ1) is 8.81. The molecule has 3 heteroatoms. The van der Waals surface area contributed by atoms with Crippen LogP contribution < -0.4 is 5.32 Å². The van der Waals surface area contributed by atoms with Gasteiger partial charge in [0, 0.05) is 16.7 Å². The number of nitrogens with one attached hydrogen (secondary N) is 1. The van der Waals surface area contributed by atoms with Gasteiger partial charge in [-0.1, -0.05) is 18.2 Å². The van der Waals surface area contributed by atoms with Gasteiger partial charge in [-0.25, -0.2) is 0 Å². The summed E-state index contributed by atoms with van der Waals surface area (Å²) in [5.41, 5.74) is 2.75. The van der Waals surface area contributed by atoms with E-state index in [2.05, 4.69) is 36.5 Å². The molecule has 1 N–H and O–H groups in total. The molecule has 0 radical (unpaired) electrons. The van der Waals surface area contributed by atoms with Crippen LogP contribution in [0.4, 0.5) is 0 Å². The van der Waals surface area contributed by atoms with E-state index in [0.717, 1.165) is 25.2 Å². The number of rotatable bonds is 5. The van der Waals surface area contributed by atoms with Gasteiger partial charge in [0.05, 0.1) is 12.9 Å². The van der Waals surface area contributed by atoms with Crippen LogP contribution in [0.1, 0.15) is 18.4 Å². The Morgan fingerprint density at radius 1 is 1.39 bits per heavy atom. The molecule has 0 bridgehead atoms. The second kappa shape index (κ2) is 6.86. The third kappa shape index (κ3) is 3.53. The van der Waals surface area contributed by atoms with Crippen molar-refractivity contribution in [1.82, 2.24) is 5.32 Å². The Balaban J connectivity index is 1.95. The molecule has 2 nitrogen and oxygen atoms in total. The summed E-state index contributed by atoms with van der Waals surface area (Å²) in [6, 6.07) is 8.96. The first-order valence-corrected chi connectivity index (χ1v) is 7.46. The Morgan fingerprint density at radius 2 is 2.22 bits per heavy atom. The van der Waals surface area contributed by atoms with Crippen LogP contribution in [0, 0.1) is 6.92 Å². The number of hydrogen-bond acceptors (Lipinski definition) is 3. The van der Waals surface area contributed by atoms with Crippen molar-refractivity contribution in [3.05, 3.63) is 41.7 Å². The van der Waals surface area contributed by atoms with Crippen LogP contribution in [0.2, 0.25) is 0 Å². The molecule has 2 rings (SSSR count). The Kier molecular flexibility index (Phi) is 5.14. The molecule has 1 unspecified atom stereocenters. The summed E-state index contributed by atoms with van der Waals surface area (Å²) in [6.45, 7) is 3.03. The minimum atomic E-state index is 0.412. The number of thioether (sulfide) groups is 1. The van der Waals surface area contributed by atoms with E-state index in [1.807, 2.05) is 25.1 Å². The zero-order chi connectivity index (χ0) is 12.8. The van der Waals surface area contributed by atoms with E-state index in [0.29, 0.717) is 6.04 Å². The average molecular weight is 263 g/mol. The molecule has 0 amide bonds. The summed E-state index contributed by atoms with van der Waals surface area (Å²) in [5.74, 6) is 1.05. The number of hydrogen-bond donors (Lipinski definition) is 1. The molecule has 1 aromatic carbocycles. The molecule has 1 aliphatic rings. The molecule has 0 aromatic heterocycles. The Hall–Kier alpha value is -0.930. The zero-order valence-corrected chi connectivity index (χ0v) is 11.9. The summed E-state index contributed by atoms with van der Waals surface area (Å²) in [7, 11) is 2.03. The van der Waals surface area contributed by atoms with E-state index in [-0.39, 0.29) is 0 Å². The normalized spacial score (nSPS) is 16.9. The highest BCUT2D eigenvalue weighted by Crippen LogP contribution is 2.25. The van der Waals surface area contributed by atoms with Crippen LogP contribution in [0.5, 0.6) is 0 Å². The van der Waals surface area contributed by atoms with E-state index >= 15 is 0 Å². The van der Waals surface area contributed by atoms with Crippen molar-refractivity contribution in [2.75, 3.05) is 19.4 Å². The minimum Gasteiger partial charge on any atom is -0.501 e. The molecule has 18 heavy (non-hydrogen) atoms. The lowest BCUT2D eigenvalue weighted by Crippen LogP contribution is -2.31. The Bertz CT molecular complexity index is 417. The van der Waals surface area contributed by atoms with Crippen molar-refractivity contribution in [2.24, 2.45) is 0 Å². The summed E-state index contributed by atoms with van der Waals surface area (Å²) in [4.78, 5) is 1.37. The van der Waals surface area contributed by atoms with Crippen LogP contribution in [-0.2, 0) is 4.74 Å².